The van der Waals surface area contributed by atoms with Crippen molar-refractivity contribution in [3.8, 4) is 0 Å². The lowest BCUT2D eigenvalue weighted by atomic mass is 9.98. The van der Waals surface area contributed by atoms with Crippen molar-refractivity contribution >= 4 is 43.5 Å². The Balaban J connectivity index is 0.000000882. The molecule has 126 valence electrons. The Labute approximate surface area is 153 Å². The Morgan fingerprint density at radius 1 is 0.913 bits per heavy atom. The maximum absolute atomic E-state index is 3.67. The number of anilines is 1. The molecule has 0 saturated carbocycles. The summed E-state index contributed by atoms with van der Waals surface area (Å²) in [6, 6.07) is 16.7. The Morgan fingerprint density at radius 3 is 2.48 bits per heavy atom. The van der Waals surface area contributed by atoms with Gasteiger partial charge in [-0.2, -0.15) is 27.0 Å². The highest BCUT2D eigenvalue weighted by molar-refractivity contribution is 7.59. The summed E-state index contributed by atoms with van der Waals surface area (Å²) < 4.78 is 0. The quantitative estimate of drug-likeness (QED) is 0.777. The number of piperazine rings is 1. The van der Waals surface area contributed by atoms with Crippen molar-refractivity contribution in [2.45, 2.75) is 32.4 Å². The van der Waals surface area contributed by atoms with Gasteiger partial charge in [-0.3, -0.25) is 0 Å². The summed E-state index contributed by atoms with van der Waals surface area (Å²) in [6.07, 6.45) is 6.98. The molecular formula is C19H28N2S2. The third kappa shape index (κ3) is 4.06. The number of fused-ring (bicyclic) bond motifs is 5. The van der Waals surface area contributed by atoms with Gasteiger partial charge in [-0.05, 0) is 35.7 Å². The first-order chi connectivity index (χ1) is 9.90. The zero-order chi connectivity index (χ0) is 13.4. The van der Waals surface area contributed by atoms with Crippen LogP contribution in [0.1, 0.15) is 20.3 Å². The topological polar surface area (TPSA) is 15.3 Å². The minimum Gasteiger partial charge on any atom is -0.365 e. The third-order valence-corrected chi connectivity index (χ3v) is 4.56. The summed E-state index contributed by atoms with van der Waals surface area (Å²) in [5.41, 5.74) is 1.37. The fourth-order valence-corrected chi connectivity index (χ4v) is 3.42. The number of hydrogen-bond acceptors (Lipinski definition) is 2. The number of hydrogen-bond donors (Lipinski definition) is 1. The number of benzene rings is 2. The molecular weight excluding hydrogens is 320 g/mol. The van der Waals surface area contributed by atoms with Crippen LogP contribution in [0.15, 0.2) is 54.6 Å². The molecule has 2 bridgehead atoms. The predicted octanol–water partition coefficient (Wildman–Crippen LogP) is 4.20. The van der Waals surface area contributed by atoms with E-state index in [2.05, 4.69) is 64.8 Å². The number of nitrogens with one attached hydrogen (secondary N) is 1. The molecule has 3 aliphatic heterocycles. The van der Waals surface area contributed by atoms with Gasteiger partial charge in [0.05, 0.1) is 0 Å². The zero-order valence-electron chi connectivity index (χ0n) is 12.6. The van der Waals surface area contributed by atoms with Gasteiger partial charge in [0.2, 0.25) is 0 Å². The lowest BCUT2D eigenvalue weighted by Gasteiger charge is -2.42. The summed E-state index contributed by atoms with van der Waals surface area (Å²) in [7, 11) is 0. The van der Waals surface area contributed by atoms with E-state index in [1.807, 2.05) is 0 Å². The highest BCUT2D eigenvalue weighted by Gasteiger charge is 2.28. The first-order valence-corrected chi connectivity index (χ1v) is 7.54. The number of rotatable bonds is 1. The molecule has 2 atom stereocenters. The Hall–Kier alpha value is -1.10. The molecule has 23 heavy (non-hydrogen) atoms. The second kappa shape index (κ2) is 8.67. The van der Waals surface area contributed by atoms with Crippen LogP contribution in [-0.4, -0.2) is 25.2 Å². The minimum absolute atomic E-state index is 0. The van der Waals surface area contributed by atoms with Gasteiger partial charge in [0, 0.05) is 30.9 Å². The van der Waals surface area contributed by atoms with Crippen LogP contribution in [0, 0.1) is 0 Å². The van der Waals surface area contributed by atoms with Crippen LogP contribution in [0.5, 0.6) is 0 Å². The fraction of sp³-hybridized carbons (Fsp3) is 0.368. The summed E-state index contributed by atoms with van der Waals surface area (Å²) in [6.45, 7) is 2.22. The standard InChI is InChI=1S/C18H20N2.CH4.2H2S/c1-2-6-15-11-17(10-9-14(15)5-1)20-13-16-7-3-4-8-18(20)12-19-16;;;/h1-6,9-11,16,18-19H,7-8,12-13H2;1H4;2*1H2/b4-3-;;;/t16-,18-;;;/m0.../s1. The fourth-order valence-electron chi connectivity index (χ4n) is 3.42. The van der Waals surface area contributed by atoms with Crippen molar-refractivity contribution in [2.24, 2.45) is 0 Å². The van der Waals surface area contributed by atoms with Gasteiger partial charge in [-0.25, -0.2) is 0 Å². The number of nitrogens with zero attached hydrogens (tertiary/aromatic N) is 1. The molecule has 1 N–H and O–H groups in total. The monoisotopic (exact) mass is 348 g/mol. The molecule has 1 saturated heterocycles. The highest BCUT2D eigenvalue weighted by atomic mass is 32.1. The van der Waals surface area contributed by atoms with Gasteiger partial charge in [-0.15, -0.1) is 0 Å². The average molecular weight is 349 g/mol. The third-order valence-electron chi connectivity index (χ3n) is 4.56. The maximum Gasteiger partial charge on any atom is 0.0449 e. The molecule has 2 aromatic carbocycles. The van der Waals surface area contributed by atoms with Crippen LogP contribution in [0.4, 0.5) is 5.69 Å². The largest absolute Gasteiger partial charge is 0.365 e. The summed E-state index contributed by atoms with van der Waals surface area (Å²) in [5, 5.41) is 6.33. The molecule has 0 amide bonds. The van der Waals surface area contributed by atoms with E-state index in [1.165, 1.54) is 16.5 Å². The molecule has 0 spiro atoms. The first kappa shape index (κ1) is 19.9. The van der Waals surface area contributed by atoms with E-state index in [0.717, 1.165) is 25.9 Å². The Morgan fingerprint density at radius 2 is 1.65 bits per heavy atom. The summed E-state index contributed by atoms with van der Waals surface area (Å²) in [5.74, 6) is 0. The molecule has 0 aromatic heterocycles. The molecule has 4 heteroatoms. The van der Waals surface area contributed by atoms with E-state index in [1.54, 1.807) is 0 Å². The van der Waals surface area contributed by atoms with Gasteiger partial charge in [0.15, 0.2) is 0 Å². The second-order valence-corrected chi connectivity index (χ2v) is 5.89. The molecule has 1 fully saturated rings. The highest BCUT2D eigenvalue weighted by Crippen LogP contribution is 2.27. The van der Waals surface area contributed by atoms with Gasteiger partial charge in [0.25, 0.3) is 0 Å². The average Bonchev–Trinajstić information content (AvgIpc) is 2.47. The van der Waals surface area contributed by atoms with Crippen molar-refractivity contribution in [3.63, 3.8) is 0 Å². The molecule has 0 unspecified atom stereocenters. The van der Waals surface area contributed by atoms with Crippen molar-refractivity contribution in [3.05, 3.63) is 54.6 Å². The van der Waals surface area contributed by atoms with Crippen molar-refractivity contribution in [1.82, 2.24) is 5.32 Å². The van der Waals surface area contributed by atoms with Gasteiger partial charge in [-0.1, -0.05) is 49.9 Å². The van der Waals surface area contributed by atoms with Crippen molar-refractivity contribution in [1.29, 1.82) is 0 Å². The van der Waals surface area contributed by atoms with E-state index in [9.17, 15) is 0 Å². The Bertz CT molecular complexity index is 657. The van der Waals surface area contributed by atoms with Crippen molar-refractivity contribution in [2.75, 3.05) is 18.0 Å². The minimum atomic E-state index is 0. The van der Waals surface area contributed by atoms with E-state index in [-0.39, 0.29) is 34.4 Å². The molecule has 0 radical (unpaired) electrons. The lowest BCUT2D eigenvalue weighted by molar-refractivity contribution is 0.386. The molecule has 2 aromatic rings. The predicted molar refractivity (Wildman–Crippen MR) is 113 cm³/mol. The molecule has 3 aliphatic rings. The molecule has 2 nitrogen and oxygen atoms in total. The SMILES string of the molecule is C.C1=C\C[C@H]2CN[C@@H](C/1)CN2c1ccc2ccccc2c1.S.S. The second-order valence-electron chi connectivity index (χ2n) is 5.89. The van der Waals surface area contributed by atoms with Gasteiger partial charge >= 0.3 is 0 Å². The molecule has 5 rings (SSSR count). The van der Waals surface area contributed by atoms with Crippen LogP contribution in [0.2, 0.25) is 0 Å². The van der Waals surface area contributed by atoms with E-state index >= 15 is 0 Å². The van der Waals surface area contributed by atoms with Crippen LogP contribution in [-0.2, 0) is 0 Å². The van der Waals surface area contributed by atoms with Crippen LogP contribution in [0.25, 0.3) is 10.8 Å². The van der Waals surface area contributed by atoms with E-state index in [0.29, 0.717) is 12.1 Å². The first-order valence-electron chi connectivity index (χ1n) is 7.54. The summed E-state index contributed by atoms with van der Waals surface area (Å²) in [4.78, 5) is 2.59. The van der Waals surface area contributed by atoms with Crippen LogP contribution < -0.4 is 10.2 Å². The lowest BCUT2D eigenvalue weighted by Crippen LogP contribution is -2.57. The van der Waals surface area contributed by atoms with E-state index < -0.39 is 0 Å². The Kier molecular flexibility index (Phi) is 7.52. The van der Waals surface area contributed by atoms with Gasteiger partial charge < -0.3 is 10.2 Å². The normalized spacial score (nSPS) is 23.7. The molecule has 0 aliphatic carbocycles. The van der Waals surface area contributed by atoms with Crippen LogP contribution >= 0.6 is 27.0 Å². The smallest absolute Gasteiger partial charge is 0.0449 e. The maximum atomic E-state index is 3.67. The van der Waals surface area contributed by atoms with Crippen LogP contribution in [0.3, 0.4) is 0 Å². The van der Waals surface area contributed by atoms with Crippen molar-refractivity contribution < 1.29 is 0 Å². The summed E-state index contributed by atoms with van der Waals surface area (Å²) >= 11 is 0. The molecule has 3 heterocycles. The zero-order valence-corrected chi connectivity index (χ0v) is 14.6. The van der Waals surface area contributed by atoms with E-state index in [4.69, 9.17) is 0 Å². The van der Waals surface area contributed by atoms with Gasteiger partial charge in [0.1, 0.15) is 0 Å².